The van der Waals surface area contributed by atoms with Gasteiger partial charge in [0.05, 0.1) is 0 Å². The van der Waals surface area contributed by atoms with Crippen LogP contribution in [0, 0.1) is 0 Å². The van der Waals surface area contributed by atoms with Gasteiger partial charge < -0.3 is 5.32 Å². The number of rotatable bonds is 4. The van der Waals surface area contributed by atoms with E-state index in [4.69, 9.17) is 0 Å². The summed E-state index contributed by atoms with van der Waals surface area (Å²) in [5.74, 6) is 0. The largest absolute Gasteiger partial charge is 0.316 e. The zero-order valence-corrected chi connectivity index (χ0v) is 7.33. The standard InChI is InChI=1S/C10H14N2/c1-11-7-3-2-5-10-6-4-8-12-9-10/h2-4,6,8-9,11H,5,7H2,1H3/b3-2+. The van der Waals surface area contributed by atoms with Crippen molar-refractivity contribution in [2.45, 2.75) is 6.42 Å². The normalized spacial score (nSPS) is 10.8. The Kier molecular flexibility index (Phi) is 4.09. The number of pyridine rings is 1. The molecule has 2 heteroatoms. The quantitative estimate of drug-likeness (QED) is 0.677. The number of allylic oxidation sites excluding steroid dienone is 1. The molecule has 1 aromatic heterocycles. The van der Waals surface area contributed by atoms with Gasteiger partial charge in [-0.3, -0.25) is 4.98 Å². The maximum absolute atomic E-state index is 4.03. The van der Waals surface area contributed by atoms with Crippen LogP contribution in [0.4, 0.5) is 0 Å². The highest BCUT2D eigenvalue weighted by atomic mass is 14.8. The van der Waals surface area contributed by atoms with Gasteiger partial charge in [0.25, 0.3) is 0 Å². The molecule has 0 amide bonds. The first-order chi connectivity index (χ1) is 5.93. The molecule has 1 heterocycles. The highest BCUT2D eigenvalue weighted by Crippen LogP contribution is 1.96. The molecular formula is C10H14N2. The Balaban J connectivity index is 2.33. The maximum Gasteiger partial charge on any atom is 0.0303 e. The molecule has 0 spiro atoms. The number of nitrogens with one attached hydrogen (secondary N) is 1. The first kappa shape index (κ1) is 8.94. The summed E-state index contributed by atoms with van der Waals surface area (Å²) in [5, 5.41) is 3.05. The Morgan fingerprint density at radius 2 is 2.42 bits per heavy atom. The van der Waals surface area contributed by atoms with Crippen molar-refractivity contribution in [2.75, 3.05) is 13.6 Å². The van der Waals surface area contributed by atoms with Crippen LogP contribution in [0.3, 0.4) is 0 Å². The van der Waals surface area contributed by atoms with Crippen LogP contribution < -0.4 is 5.32 Å². The summed E-state index contributed by atoms with van der Waals surface area (Å²) in [7, 11) is 1.94. The second-order valence-corrected chi connectivity index (χ2v) is 2.59. The molecule has 0 unspecified atom stereocenters. The van der Waals surface area contributed by atoms with E-state index < -0.39 is 0 Å². The van der Waals surface area contributed by atoms with Crippen LogP contribution in [0.15, 0.2) is 36.7 Å². The van der Waals surface area contributed by atoms with Crippen LogP contribution in [-0.4, -0.2) is 18.6 Å². The van der Waals surface area contributed by atoms with Crippen molar-refractivity contribution in [3.05, 3.63) is 42.2 Å². The fourth-order valence-electron chi connectivity index (χ4n) is 0.939. The molecule has 0 aliphatic rings. The zero-order valence-electron chi connectivity index (χ0n) is 7.33. The molecule has 0 aliphatic carbocycles. The second-order valence-electron chi connectivity index (χ2n) is 2.59. The van der Waals surface area contributed by atoms with E-state index in [-0.39, 0.29) is 0 Å². The third kappa shape index (κ3) is 3.30. The predicted octanol–water partition coefficient (Wildman–Crippen LogP) is 1.40. The van der Waals surface area contributed by atoms with Crippen molar-refractivity contribution < 1.29 is 0 Å². The molecule has 0 atom stereocenters. The smallest absolute Gasteiger partial charge is 0.0303 e. The lowest BCUT2D eigenvalue weighted by Crippen LogP contribution is -2.03. The Bertz CT molecular complexity index is 229. The van der Waals surface area contributed by atoms with E-state index in [1.807, 2.05) is 19.3 Å². The highest BCUT2D eigenvalue weighted by molar-refractivity contribution is 5.12. The molecule has 64 valence electrons. The lowest BCUT2D eigenvalue weighted by molar-refractivity contribution is 0.916. The first-order valence-corrected chi connectivity index (χ1v) is 4.12. The van der Waals surface area contributed by atoms with Crippen molar-refractivity contribution in [3.8, 4) is 0 Å². The van der Waals surface area contributed by atoms with Gasteiger partial charge in [-0.2, -0.15) is 0 Å². The summed E-state index contributed by atoms with van der Waals surface area (Å²) >= 11 is 0. The van der Waals surface area contributed by atoms with Gasteiger partial charge in [-0.05, 0) is 25.1 Å². The minimum Gasteiger partial charge on any atom is -0.316 e. The van der Waals surface area contributed by atoms with Crippen molar-refractivity contribution in [2.24, 2.45) is 0 Å². The summed E-state index contributed by atoms with van der Waals surface area (Å²) in [6, 6.07) is 4.04. The van der Waals surface area contributed by atoms with E-state index in [2.05, 4.69) is 28.5 Å². The first-order valence-electron chi connectivity index (χ1n) is 4.12. The van der Waals surface area contributed by atoms with Gasteiger partial charge in [-0.15, -0.1) is 0 Å². The fourth-order valence-corrected chi connectivity index (χ4v) is 0.939. The van der Waals surface area contributed by atoms with E-state index >= 15 is 0 Å². The van der Waals surface area contributed by atoms with Crippen molar-refractivity contribution in [1.29, 1.82) is 0 Å². The van der Waals surface area contributed by atoms with E-state index in [1.165, 1.54) is 5.56 Å². The number of aromatic nitrogens is 1. The molecule has 12 heavy (non-hydrogen) atoms. The molecule has 0 radical (unpaired) electrons. The van der Waals surface area contributed by atoms with Crippen LogP contribution in [0.2, 0.25) is 0 Å². The van der Waals surface area contributed by atoms with Crippen LogP contribution in [0.1, 0.15) is 5.56 Å². The third-order valence-corrected chi connectivity index (χ3v) is 1.56. The average molecular weight is 162 g/mol. The lowest BCUT2D eigenvalue weighted by Gasteiger charge is -1.93. The molecule has 0 saturated carbocycles. The lowest BCUT2D eigenvalue weighted by atomic mass is 10.2. The van der Waals surface area contributed by atoms with E-state index in [0.29, 0.717) is 0 Å². The van der Waals surface area contributed by atoms with Crippen molar-refractivity contribution >= 4 is 0 Å². The summed E-state index contributed by atoms with van der Waals surface area (Å²) in [4.78, 5) is 4.03. The minimum atomic E-state index is 0.931. The molecule has 0 bridgehead atoms. The molecule has 1 aromatic rings. The van der Waals surface area contributed by atoms with E-state index in [1.54, 1.807) is 6.20 Å². The Morgan fingerprint density at radius 1 is 1.50 bits per heavy atom. The van der Waals surface area contributed by atoms with Crippen LogP contribution in [0.25, 0.3) is 0 Å². The van der Waals surface area contributed by atoms with Gasteiger partial charge in [0.2, 0.25) is 0 Å². The molecule has 0 fully saturated rings. The summed E-state index contributed by atoms with van der Waals surface area (Å²) < 4.78 is 0. The van der Waals surface area contributed by atoms with Gasteiger partial charge in [0, 0.05) is 18.9 Å². The SMILES string of the molecule is CNC/C=C/Cc1cccnc1. The number of nitrogens with zero attached hydrogens (tertiary/aromatic N) is 1. The van der Waals surface area contributed by atoms with Gasteiger partial charge in [0.1, 0.15) is 0 Å². The highest BCUT2D eigenvalue weighted by Gasteiger charge is 1.85. The van der Waals surface area contributed by atoms with Crippen molar-refractivity contribution in [3.63, 3.8) is 0 Å². The van der Waals surface area contributed by atoms with E-state index in [0.717, 1.165) is 13.0 Å². The number of likely N-dealkylation sites (N-methyl/N-ethyl adjacent to an activating group) is 1. The Morgan fingerprint density at radius 3 is 3.08 bits per heavy atom. The minimum absolute atomic E-state index is 0.931. The molecular weight excluding hydrogens is 148 g/mol. The Hall–Kier alpha value is -1.15. The maximum atomic E-state index is 4.03. The molecule has 2 nitrogen and oxygen atoms in total. The van der Waals surface area contributed by atoms with Crippen molar-refractivity contribution in [1.82, 2.24) is 10.3 Å². The van der Waals surface area contributed by atoms with Gasteiger partial charge in [-0.25, -0.2) is 0 Å². The monoisotopic (exact) mass is 162 g/mol. The van der Waals surface area contributed by atoms with Crippen LogP contribution in [0.5, 0.6) is 0 Å². The average Bonchev–Trinajstić information content (AvgIpc) is 2.14. The molecule has 1 N–H and O–H groups in total. The van der Waals surface area contributed by atoms with E-state index in [9.17, 15) is 0 Å². The number of hydrogen-bond donors (Lipinski definition) is 1. The van der Waals surface area contributed by atoms with Gasteiger partial charge in [0.15, 0.2) is 0 Å². The summed E-state index contributed by atoms with van der Waals surface area (Å²) in [6.45, 7) is 0.931. The van der Waals surface area contributed by atoms with Gasteiger partial charge >= 0.3 is 0 Å². The van der Waals surface area contributed by atoms with Crippen LogP contribution in [-0.2, 0) is 6.42 Å². The molecule has 0 saturated heterocycles. The Labute approximate surface area is 73.3 Å². The zero-order chi connectivity index (χ0) is 8.65. The van der Waals surface area contributed by atoms with Gasteiger partial charge in [-0.1, -0.05) is 18.2 Å². The topological polar surface area (TPSA) is 24.9 Å². The summed E-state index contributed by atoms with van der Waals surface area (Å²) in [6.07, 6.45) is 8.92. The third-order valence-electron chi connectivity index (χ3n) is 1.56. The molecule has 0 aliphatic heterocycles. The summed E-state index contributed by atoms with van der Waals surface area (Å²) in [5.41, 5.74) is 1.25. The molecule has 1 rings (SSSR count). The van der Waals surface area contributed by atoms with Crippen LogP contribution >= 0.6 is 0 Å². The number of hydrogen-bond acceptors (Lipinski definition) is 2. The fraction of sp³-hybridized carbons (Fsp3) is 0.300. The second kappa shape index (κ2) is 5.49. The predicted molar refractivity (Wildman–Crippen MR) is 51.0 cm³/mol. The molecule has 0 aromatic carbocycles.